The molecule has 17 heavy (non-hydrogen) atoms. The van der Waals surface area contributed by atoms with Gasteiger partial charge in [0.1, 0.15) is 11.5 Å². The lowest BCUT2D eigenvalue weighted by atomic mass is 10.2. The Kier molecular flexibility index (Phi) is 2.90. The molecule has 0 aliphatic carbocycles. The van der Waals surface area contributed by atoms with Crippen LogP contribution in [-0.4, -0.2) is 35.8 Å². The number of esters is 1. The van der Waals surface area contributed by atoms with Crippen molar-refractivity contribution in [2.75, 3.05) is 30.3 Å². The van der Waals surface area contributed by atoms with Crippen molar-refractivity contribution in [3.8, 4) is 5.75 Å². The normalized spacial score (nSPS) is 13.2. The smallest absolute Gasteiger partial charge is 0.347 e. The Bertz CT molecular complexity index is 509. The zero-order valence-corrected chi connectivity index (χ0v) is 9.29. The standard InChI is InChI=1S/C10H13N3O4/c1-2-17-10(16)5-7(14)6-8(13-9(5)15)12-4-3-11-6/h11H,2-4H2,1H3,(H3,12,13,14,15). The molecular weight excluding hydrogens is 226 g/mol. The molecule has 0 saturated carbocycles. The minimum absolute atomic E-state index is 0.139. The van der Waals surface area contributed by atoms with Crippen LogP contribution in [0.3, 0.4) is 0 Å². The fourth-order valence-corrected chi connectivity index (χ4v) is 1.66. The van der Waals surface area contributed by atoms with Crippen LogP contribution in [0.25, 0.3) is 0 Å². The average molecular weight is 239 g/mol. The van der Waals surface area contributed by atoms with E-state index in [9.17, 15) is 14.7 Å². The number of H-pyrrole nitrogens is 1. The Balaban J connectivity index is 2.53. The van der Waals surface area contributed by atoms with E-state index in [-0.39, 0.29) is 17.9 Å². The van der Waals surface area contributed by atoms with Crippen LogP contribution >= 0.6 is 0 Å². The molecule has 0 atom stereocenters. The van der Waals surface area contributed by atoms with Crippen molar-refractivity contribution in [3.05, 3.63) is 15.9 Å². The highest BCUT2D eigenvalue weighted by atomic mass is 16.5. The number of carbonyl (C=O) groups excluding carboxylic acids is 1. The first-order valence-electron chi connectivity index (χ1n) is 5.29. The lowest BCUT2D eigenvalue weighted by Gasteiger charge is -2.20. The van der Waals surface area contributed by atoms with Gasteiger partial charge in [0.05, 0.1) is 6.61 Å². The second-order valence-corrected chi connectivity index (χ2v) is 3.50. The molecule has 0 amide bonds. The van der Waals surface area contributed by atoms with Gasteiger partial charge in [-0.1, -0.05) is 0 Å². The van der Waals surface area contributed by atoms with Crippen LogP contribution in [0.5, 0.6) is 5.75 Å². The second kappa shape index (κ2) is 4.36. The van der Waals surface area contributed by atoms with Gasteiger partial charge in [0.15, 0.2) is 11.3 Å². The predicted molar refractivity (Wildman–Crippen MR) is 61.7 cm³/mol. The van der Waals surface area contributed by atoms with E-state index in [0.717, 1.165) is 0 Å². The van der Waals surface area contributed by atoms with E-state index in [1.54, 1.807) is 6.92 Å². The summed E-state index contributed by atoms with van der Waals surface area (Å²) in [6.07, 6.45) is 0. The fourth-order valence-electron chi connectivity index (χ4n) is 1.66. The summed E-state index contributed by atoms with van der Waals surface area (Å²) in [5.74, 6) is -0.831. The number of ether oxygens (including phenoxy) is 1. The van der Waals surface area contributed by atoms with Gasteiger partial charge in [0, 0.05) is 13.1 Å². The predicted octanol–water partition coefficient (Wildman–Crippen LogP) is 0.0946. The van der Waals surface area contributed by atoms with E-state index in [2.05, 4.69) is 15.6 Å². The molecule has 0 fully saturated rings. The minimum Gasteiger partial charge on any atom is -0.505 e. The summed E-state index contributed by atoms with van der Waals surface area (Å²) in [4.78, 5) is 25.7. The Hall–Kier alpha value is -2.18. The number of anilines is 2. The Labute approximate surface area is 96.8 Å². The maximum atomic E-state index is 11.6. The van der Waals surface area contributed by atoms with Gasteiger partial charge in [-0.15, -0.1) is 0 Å². The third-order valence-corrected chi connectivity index (χ3v) is 2.40. The summed E-state index contributed by atoms with van der Waals surface area (Å²) in [6, 6.07) is 0. The third-order valence-electron chi connectivity index (χ3n) is 2.40. The summed E-state index contributed by atoms with van der Waals surface area (Å²) >= 11 is 0. The number of fused-ring (bicyclic) bond motifs is 1. The number of pyridine rings is 1. The molecule has 1 aliphatic rings. The summed E-state index contributed by atoms with van der Waals surface area (Å²) in [7, 11) is 0. The molecule has 0 unspecified atom stereocenters. The van der Waals surface area contributed by atoms with Gasteiger partial charge in [0.2, 0.25) is 0 Å². The molecular formula is C10H13N3O4. The molecule has 0 aromatic carbocycles. The number of aromatic hydroxyl groups is 1. The maximum Gasteiger partial charge on any atom is 0.347 e. The molecule has 2 heterocycles. The van der Waals surface area contributed by atoms with Crippen molar-refractivity contribution in [3.63, 3.8) is 0 Å². The maximum absolute atomic E-state index is 11.6. The van der Waals surface area contributed by atoms with Crippen LogP contribution in [0.1, 0.15) is 17.3 Å². The van der Waals surface area contributed by atoms with Crippen LogP contribution < -0.4 is 16.2 Å². The van der Waals surface area contributed by atoms with E-state index in [4.69, 9.17) is 4.74 Å². The van der Waals surface area contributed by atoms with E-state index < -0.39 is 11.5 Å². The van der Waals surface area contributed by atoms with Crippen LogP contribution in [0.2, 0.25) is 0 Å². The minimum atomic E-state index is -0.832. The van der Waals surface area contributed by atoms with E-state index in [1.165, 1.54) is 0 Å². The van der Waals surface area contributed by atoms with Crippen LogP contribution in [0.4, 0.5) is 11.5 Å². The van der Waals surface area contributed by atoms with Crippen molar-refractivity contribution >= 4 is 17.5 Å². The molecule has 92 valence electrons. The largest absolute Gasteiger partial charge is 0.505 e. The second-order valence-electron chi connectivity index (χ2n) is 3.50. The Morgan fingerprint density at radius 2 is 2.12 bits per heavy atom. The highest BCUT2D eigenvalue weighted by Crippen LogP contribution is 2.32. The third kappa shape index (κ3) is 1.91. The highest BCUT2D eigenvalue weighted by molar-refractivity contribution is 5.96. The van der Waals surface area contributed by atoms with Gasteiger partial charge in [-0.3, -0.25) is 4.79 Å². The van der Waals surface area contributed by atoms with Crippen molar-refractivity contribution in [2.45, 2.75) is 6.92 Å². The topological polar surface area (TPSA) is 103 Å². The number of aromatic nitrogens is 1. The van der Waals surface area contributed by atoms with Gasteiger partial charge < -0.3 is 25.5 Å². The summed E-state index contributed by atoms with van der Waals surface area (Å²) in [6.45, 7) is 2.98. The SMILES string of the molecule is CCOC(=O)c1c(O)c2c([nH]c1=O)NCCN2. The Morgan fingerprint density at radius 1 is 1.41 bits per heavy atom. The van der Waals surface area contributed by atoms with Crippen molar-refractivity contribution < 1.29 is 14.6 Å². The lowest BCUT2D eigenvalue weighted by molar-refractivity contribution is 0.0521. The van der Waals surface area contributed by atoms with E-state index in [1.807, 2.05) is 0 Å². The number of aromatic amines is 1. The summed E-state index contributed by atoms with van der Waals surface area (Å²) in [5.41, 5.74) is -0.725. The first kappa shape index (κ1) is 11.3. The lowest BCUT2D eigenvalue weighted by Crippen LogP contribution is -2.28. The highest BCUT2D eigenvalue weighted by Gasteiger charge is 2.24. The Morgan fingerprint density at radius 3 is 2.82 bits per heavy atom. The molecule has 1 aliphatic heterocycles. The number of carbonyl (C=O) groups is 1. The fraction of sp³-hybridized carbons (Fsp3) is 0.400. The molecule has 4 N–H and O–H groups in total. The zero-order chi connectivity index (χ0) is 12.4. The molecule has 2 rings (SSSR count). The van der Waals surface area contributed by atoms with E-state index >= 15 is 0 Å². The molecule has 0 spiro atoms. The van der Waals surface area contributed by atoms with Gasteiger partial charge >= 0.3 is 5.97 Å². The van der Waals surface area contributed by atoms with Crippen LogP contribution in [0.15, 0.2) is 4.79 Å². The zero-order valence-electron chi connectivity index (χ0n) is 9.29. The van der Waals surface area contributed by atoms with Crippen molar-refractivity contribution in [1.29, 1.82) is 0 Å². The monoisotopic (exact) mass is 239 g/mol. The number of hydrogen-bond acceptors (Lipinski definition) is 6. The van der Waals surface area contributed by atoms with Gasteiger partial charge in [-0.2, -0.15) is 0 Å². The summed E-state index contributed by atoms with van der Waals surface area (Å²) in [5, 5.41) is 15.7. The van der Waals surface area contributed by atoms with Gasteiger partial charge in [-0.25, -0.2) is 4.79 Å². The number of nitrogens with one attached hydrogen (secondary N) is 3. The van der Waals surface area contributed by atoms with Crippen molar-refractivity contribution in [1.82, 2.24) is 4.98 Å². The quantitative estimate of drug-likeness (QED) is 0.545. The van der Waals surface area contributed by atoms with Gasteiger partial charge in [-0.05, 0) is 6.92 Å². The van der Waals surface area contributed by atoms with Gasteiger partial charge in [0.25, 0.3) is 5.56 Å². The van der Waals surface area contributed by atoms with E-state index in [0.29, 0.717) is 24.6 Å². The molecule has 1 aromatic heterocycles. The first-order chi connectivity index (χ1) is 8.15. The average Bonchev–Trinajstić information content (AvgIpc) is 2.29. The number of rotatable bonds is 2. The molecule has 7 heteroatoms. The molecule has 1 aromatic rings. The molecule has 7 nitrogen and oxygen atoms in total. The number of hydrogen-bond donors (Lipinski definition) is 4. The molecule has 0 bridgehead atoms. The van der Waals surface area contributed by atoms with Crippen LogP contribution in [-0.2, 0) is 4.74 Å². The summed E-state index contributed by atoms with van der Waals surface area (Å²) < 4.78 is 4.71. The molecule has 0 saturated heterocycles. The van der Waals surface area contributed by atoms with Crippen molar-refractivity contribution in [2.24, 2.45) is 0 Å². The van der Waals surface area contributed by atoms with Crippen LogP contribution in [0, 0.1) is 0 Å². The molecule has 0 radical (unpaired) electrons. The first-order valence-corrected chi connectivity index (χ1v) is 5.29.